The highest BCUT2D eigenvalue weighted by atomic mass is 35.5. The molecule has 1 saturated heterocycles. The summed E-state index contributed by atoms with van der Waals surface area (Å²) in [6.45, 7) is 5.54. The fourth-order valence-electron chi connectivity index (χ4n) is 1.84. The maximum atomic E-state index is 5.83. The SMILES string of the molecule is CC1(C)NCC1c1ccc(Cl)cc1. The molecule has 0 spiro atoms. The summed E-state index contributed by atoms with van der Waals surface area (Å²) >= 11 is 5.83. The molecule has 2 heteroatoms. The first-order valence-electron chi connectivity index (χ1n) is 4.60. The van der Waals surface area contributed by atoms with Crippen molar-refractivity contribution in [1.82, 2.24) is 5.32 Å². The number of hydrogen-bond acceptors (Lipinski definition) is 1. The minimum atomic E-state index is 0.244. The zero-order chi connectivity index (χ0) is 9.47. The van der Waals surface area contributed by atoms with Gasteiger partial charge in [-0.15, -0.1) is 0 Å². The molecule has 0 amide bonds. The average Bonchev–Trinajstić information content (AvgIpc) is 2.07. The van der Waals surface area contributed by atoms with Crippen LogP contribution in [0, 0.1) is 0 Å². The van der Waals surface area contributed by atoms with Gasteiger partial charge in [0.25, 0.3) is 0 Å². The average molecular weight is 196 g/mol. The molecule has 1 atom stereocenters. The van der Waals surface area contributed by atoms with Crippen molar-refractivity contribution in [2.24, 2.45) is 0 Å². The first kappa shape index (κ1) is 9.04. The van der Waals surface area contributed by atoms with Crippen LogP contribution in [0.1, 0.15) is 25.3 Å². The third-order valence-corrected chi connectivity index (χ3v) is 3.16. The Balaban J connectivity index is 2.22. The summed E-state index contributed by atoms with van der Waals surface area (Å²) < 4.78 is 0. The van der Waals surface area contributed by atoms with Gasteiger partial charge in [0, 0.05) is 23.0 Å². The quantitative estimate of drug-likeness (QED) is 0.727. The van der Waals surface area contributed by atoms with Crippen molar-refractivity contribution in [3.63, 3.8) is 0 Å². The Hall–Kier alpha value is -0.530. The van der Waals surface area contributed by atoms with Crippen molar-refractivity contribution in [3.05, 3.63) is 34.9 Å². The molecule has 1 unspecified atom stereocenters. The molecule has 0 aromatic heterocycles. The predicted molar refractivity (Wildman–Crippen MR) is 56.3 cm³/mol. The third-order valence-electron chi connectivity index (χ3n) is 2.91. The molecule has 13 heavy (non-hydrogen) atoms. The van der Waals surface area contributed by atoms with Gasteiger partial charge in [0.1, 0.15) is 0 Å². The summed E-state index contributed by atoms with van der Waals surface area (Å²) in [5, 5.41) is 4.23. The van der Waals surface area contributed by atoms with Crippen LogP contribution in [0.5, 0.6) is 0 Å². The van der Waals surface area contributed by atoms with Crippen molar-refractivity contribution in [1.29, 1.82) is 0 Å². The van der Waals surface area contributed by atoms with Crippen molar-refractivity contribution in [3.8, 4) is 0 Å². The van der Waals surface area contributed by atoms with E-state index in [9.17, 15) is 0 Å². The van der Waals surface area contributed by atoms with E-state index in [0.717, 1.165) is 11.6 Å². The third kappa shape index (κ3) is 1.59. The van der Waals surface area contributed by atoms with Crippen LogP contribution < -0.4 is 5.32 Å². The summed E-state index contributed by atoms with van der Waals surface area (Å²) in [6.07, 6.45) is 0. The highest BCUT2D eigenvalue weighted by Crippen LogP contribution is 2.34. The Kier molecular flexibility index (Phi) is 2.09. The van der Waals surface area contributed by atoms with E-state index in [2.05, 4.69) is 31.3 Å². The molecule has 0 radical (unpaired) electrons. The van der Waals surface area contributed by atoms with Crippen molar-refractivity contribution in [2.75, 3.05) is 6.54 Å². The van der Waals surface area contributed by atoms with E-state index >= 15 is 0 Å². The first-order valence-corrected chi connectivity index (χ1v) is 4.98. The van der Waals surface area contributed by atoms with Gasteiger partial charge in [0.15, 0.2) is 0 Å². The number of benzene rings is 1. The molecule has 1 N–H and O–H groups in total. The van der Waals surface area contributed by atoms with Crippen molar-refractivity contribution < 1.29 is 0 Å². The number of hydrogen-bond donors (Lipinski definition) is 1. The summed E-state index contributed by atoms with van der Waals surface area (Å²) in [5.74, 6) is 0.629. The molecule has 1 aromatic carbocycles. The van der Waals surface area contributed by atoms with Gasteiger partial charge in [-0.25, -0.2) is 0 Å². The monoisotopic (exact) mass is 195 g/mol. The maximum Gasteiger partial charge on any atom is 0.0406 e. The molecule has 1 aliphatic rings. The van der Waals surface area contributed by atoms with Gasteiger partial charge in [-0.3, -0.25) is 0 Å². The lowest BCUT2D eigenvalue weighted by Crippen LogP contribution is -2.59. The number of nitrogens with one attached hydrogen (secondary N) is 1. The highest BCUT2D eigenvalue weighted by molar-refractivity contribution is 6.30. The second kappa shape index (κ2) is 3.00. The van der Waals surface area contributed by atoms with Crippen LogP contribution >= 0.6 is 11.6 Å². The zero-order valence-corrected chi connectivity index (χ0v) is 8.73. The Morgan fingerprint density at radius 3 is 2.31 bits per heavy atom. The Bertz CT molecular complexity index is 302. The van der Waals surface area contributed by atoms with E-state index in [1.54, 1.807) is 0 Å². The summed E-state index contributed by atoms with van der Waals surface area (Å²) in [4.78, 5) is 0. The lowest BCUT2D eigenvalue weighted by molar-refractivity contribution is 0.208. The van der Waals surface area contributed by atoms with Crippen LogP contribution in [-0.4, -0.2) is 12.1 Å². The smallest absolute Gasteiger partial charge is 0.0406 e. The van der Waals surface area contributed by atoms with E-state index in [0.29, 0.717) is 5.92 Å². The molecule has 1 aromatic rings. The molecule has 0 aliphatic carbocycles. The second-order valence-electron chi connectivity index (χ2n) is 4.21. The molecule has 0 bridgehead atoms. The van der Waals surface area contributed by atoms with Crippen LogP contribution in [0.25, 0.3) is 0 Å². The van der Waals surface area contributed by atoms with Crippen LogP contribution in [0.2, 0.25) is 5.02 Å². The molecule has 1 fully saturated rings. The van der Waals surface area contributed by atoms with Gasteiger partial charge in [-0.05, 0) is 31.5 Å². The molecular formula is C11H14ClN. The summed E-state index contributed by atoms with van der Waals surface area (Å²) in [5.41, 5.74) is 1.63. The van der Waals surface area contributed by atoms with Crippen molar-refractivity contribution >= 4 is 11.6 Å². The normalized spacial score (nSPS) is 25.3. The van der Waals surface area contributed by atoms with Gasteiger partial charge in [-0.2, -0.15) is 0 Å². The minimum Gasteiger partial charge on any atom is -0.310 e. The van der Waals surface area contributed by atoms with E-state index < -0.39 is 0 Å². The summed E-state index contributed by atoms with van der Waals surface area (Å²) in [6, 6.07) is 8.17. The van der Waals surface area contributed by atoms with Gasteiger partial charge in [0.05, 0.1) is 0 Å². The minimum absolute atomic E-state index is 0.244. The number of rotatable bonds is 1. The Morgan fingerprint density at radius 1 is 1.31 bits per heavy atom. The lowest BCUT2D eigenvalue weighted by Gasteiger charge is -2.46. The highest BCUT2D eigenvalue weighted by Gasteiger charge is 2.38. The lowest BCUT2D eigenvalue weighted by atomic mass is 9.75. The van der Waals surface area contributed by atoms with Crippen LogP contribution in [0.15, 0.2) is 24.3 Å². The van der Waals surface area contributed by atoms with Crippen LogP contribution in [0.3, 0.4) is 0 Å². The van der Waals surface area contributed by atoms with Crippen LogP contribution in [-0.2, 0) is 0 Å². The fourth-order valence-corrected chi connectivity index (χ4v) is 1.97. The molecule has 1 aliphatic heterocycles. The largest absolute Gasteiger partial charge is 0.310 e. The molecule has 1 heterocycles. The predicted octanol–water partition coefficient (Wildman–Crippen LogP) is 2.81. The van der Waals surface area contributed by atoms with Crippen molar-refractivity contribution in [2.45, 2.75) is 25.3 Å². The second-order valence-corrected chi connectivity index (χ2v) is 4.64. The Labute approximate surface area is 84.1 Å². The van der Waals surface area contributed by atoms with Gasteiger partial charge in [0.2, 0.25) is 0 Å². The van der Waals surface area contributed by atoms with E-state index in [4.69, 9.17) is 11.6 Å². The zero-order valence-electron chi connectivity index (χ0n) is 7.97. The Morgan fingerprint density at radius 2 is 1.92 bits per heavy atom. The standard InChI is InChI=1S/C11H14ClN/c1-11(2)10(7-13-11)8-3-5-9(12)6-4-8/h3-6,10,13H,7H2,1-2H3. The summed E-state index contributed by atoms with van der Waals surface area (Å²) in [7, 11) is 0. The van der Waals surface area contributed by atoms with Crippen LogP contribution in [0.4, 0.5) is 0 Å². The van der Waals surface area contributed by atoms with Gasteiger partial charge >= 0.3 is 0 Å². The molecule has 70 valence electrons. The number of halogens is 1. The van der Waals surface area contributed by atoms with E-state index in [1.165, 1.54) is 5.56 Å². The molecule has 0 saturated carbocycles. The topological polar surface area (TPSA) is 12.0 Å². The van der Waals surface area contributed by atoms with E-state index in [-0.39, 0.29) is 5.54 Å². The molecular weight excluding hydrogens is 182 g/mol. The van der Waals surface area contributed by atoms with E-state index in [1.807, 2.05) is 12.1 Å². The first-order chi connectivity index (χ1) is 6.09. The molecule has 2 rings (SSSR count). The van der Waals surface area contributed by atoms with Gasteiger partial charge in [-0.1, -0.05) is 23.7 Å². The van der Waals surface area contributed by atoms with Gasteiger partial charge < -0.3 is 5.32 Å². The fraction of sp³-hybridized carbons (Fsp3) is 0.455. The molecule has 1 nitrogen and oxygen atoms in total. The maximum absolute atomic E-state index is 5.83.